The molecule has 1 heterocycles. The quantitative estimate of drug-likeness (QED) is 0.419. The lowest BCUT2D eigenvalue weighted by Crippen LogP contribution is -2.22. The first-order valence-corrected chi connectivity index (χ1v) is 11.2. The van der Waals surface area contributed by atoms with Crippen molar-refractivity contribution in [3.8, 4) is 23.1 Å². The molecule has 1 aromatic heterocycles. The summed E-state index contributed by atoms with van der Waals surface area (Å²) in [6.07, 6.45) is 4.59. The van der Waals surface area contributed by atoms with Crippen LogP contribution < -0.4 is 19.5 Å². The van der Waals surface area contributed by atoms with E-state index in [1.54, 1.807) is 36.5 Å². The highest BCUT2D eigenvalue weighted by Gasteiger charge is 2.22. The van der Waals surface area contributed by atoms with E-state index < -0.39 is 11.6 Å². The molecule has 0 bridgehead atoms. The van der Waals surface area contributed by atoms with E-state index >= 15 is 0 Å². The largest absolute Gasteiger partial charge is 0.493 e. The Morgan fingerprint density at radius 3 is 2.47 bits per heavy atom. The number of halogens is 2. The highest BCUT2D eigenvalue weighted by Crippen LogP contribution is 2.31. The molecule has 0 saturated heterocycles. The van der Waals surface area contributed by atoms with E-state index in [9.17, 15) is 13.6 Å². The number of nitrogens with zero attached hydrogens (tertiary/aromatic N) is 1. The normalized spacial score (nSPS) is 12.8. The molecule has 0 radical (unpaired) electrons. The molecule has 0 aliphatic heterocycles. The van der Waals surface area contributed by atoms with Crippen LogP contribution in [0.5, 0.6) is 23.1 Å². The molecule has 0 spiro atoms. The number of benzene rings is 2. The molecule has 1 N–H and O–H groups in total. The van der Waals surface area contributed by atoms with Gasteiger partial charge < -0.3 is 19.5 Å². The lowest BCUT2D eigenvalue weighted by molar-refractivity contribution is -0.118. The lowest BCUT2D eigenvalue weighted by atomic mass is 10.2. The van der Waals surface area contributed by atoms with Crippen molar-refractivity contribution in [2.45, 2.75) is 32.8 Å². The predicted molar refractivity (Wildman–Crippen MR) is 122 cm³/mol. The standard InChI is InChI=1S/C26H26F2N2O4/c1-17(31)29-10-9-18-7-8-26(30-14-18)33-16-23-24(27)12-22(13-25(23)28)34-21-4-2-3-20(11-21)32-15-19-5-6-19/h2-4,7-8,11-14,19H,5-6,9-10,15-16H2,1H3,(H,29,31). The molecule has 0 atom stereocenters. The van der Waals surface area contributed by atoms with Crippen LogP contribution >= 0.6 is 0 Å². The van der Waals surface area contributed by atoms with Crippen LogP contribution in [0.3, 0.4) is 0 Å². The fourth-order valence-corrected chi connectivity index (χ4v) is 3.21. The number of aromatic nitrogens is 1. The molecule has 1 fully saturated rings. The molecule has 3 aromatic rings. The molecular formula is C26H26F2N2O4. The van der Waals surface area contributed by atoms with Gasteiger partial charge in [0.2, 0.25) is 11.8 Å². The summed E-state index contributed by atoms with van der Waals surface area (Å²) in [5.41, 5.74) is 0.687. The van der Waals surface area contributed by atoms with Crippen LogP contribution in [0.4, 0.5) is 8.78 Å². The van der Waals surface area contributed by atoms with Gasteiger partial charge in [-0.05, 0) is 42.9 Å². The summed E-state index contributed by atoms with van der Waals surface area (Å²) in [5, 5.41) is 2.70. The Hall–Kier alpha value is -3.68. The third-order valence-corrected chi connectivity index (χ3v) is 5.29. The van der Waals surface area contributed by atoms with E-state index in [1.165, 1.54) is 19.8 Å². The van der Waals surface area contributed by atoms with Gasteiger partial charge in [-0.25, -0.2) is 13.8 Å². The van der Waals surface area contributed by atoms with Gasteiger partial charge in [0, 0.05) is 43.9 Å². The minimum atomic E-state index is -0.775. The number of rotatable bonds is 11. The zero-order valence-electron chi connectivity index (χ0n) is 18.9. The summed E-state index contributed by atoms with van der Waals surface area (Å²) in [5.74, 6) is 0.338. The lowest BCUT2D eigenvalue weighted by Gasteiger charge is -2.12. The molecule has 178 valence electrons. The molecule has 4 rings (SSSR count). The van der Waals surface area contributed by atoms with Crippen molar-refractivity contribution in [3.63, 3.8) is 0 Å². The van der Waals surface area contributed by atoms with Crippen LogP contribution in [0.15, 0.2) is 54.7 Å². The highest BCUT2D eigenvalue weighted by atomic mass is 19.1. The van der Waals surface area contributed by atoms with Gasteiger partial charge in [-0.2, -0.15) is 0 Å². The summed E-state index contributed by atoms with van der Waals surface area (Å²) < 4.78 is 46.0. The third kappa shape index (κ3) is 6.91. The number of carbonyl (C=O) groups is 1. The van der Waals surface area contributed by atoms with Crippen LogP contribution in [0.1, 0.15) is 30.9 Å². The van der Waals surface area contributed by atoms with Crippen molar-refractivity contribution in [1.82, 2.24) is 10.3 Å². The number of hydrogen-bond acceptors (Lipinski definition) is 5. The van der Waals surface area contributed by atoms with Crippen molar-refractivity contribution in [2.75, 3.05) is 13.2 Å². The van der Waals surface area contributed by atoms with Gasteiger partial charge in [-0.15, -0.1) is 0 Å². The SMILES string of the molecule is CC(=O)NCCc1ccc(OCc2c(F)cc(Oc3cccc(OCC4CC4)c3)cc2F)nc1. The fraction of sp³-hybridized carbons (Fsp3) is 0.308. The van der Waals surface area contributed by atoms with Crippen LogP contribution in [-0.2, 0) is 17.8 Å². The predicted octanol–water partition coefficient (Wildman–Crippen LogP) is 5.20. The molecule has 1 saturated carbocycles. The Bertz CT molecular complexity index is 1110. The van der Waals surface area contributed by atoms with E-state index in [-0.39, 0.29) is 29.7 Å². The average molecular weight is 469 g/mol. The second-order valence-corrected chi connectivity index (χ2v) is 8.22. The van der Waals surface area contributed by atoms with Crippen LogP contribution in [0.2, 0.25) is 0 Å². The van der Waals surface area contributed by atoms with Crippen molar-refractivity contribution >= 4 is 5.91 Å². The maximum Gasteiger partial charge on any atom is 0.216 e. The van der Waals surface area contributed by atoms with E-state index in [1.807, 2.05) is 6.07 Å². The Labute approximate surface area is 196 Å². The molecule has 6 nitrogen and oxygen atoms in total. The topological polar surface area (TPSA) is 69.7 Å². The highest BCUT2D eigenvalue weighted by molar-refractivity contribution is 5.72. The first-order chi connectivity index (χ1) is 16.5. The number of nitrogens with one attached hydrogen (secondary N) is 1. The molecule has 1 amide bonds. The second-order valence-electron chi connectivity index (χ2n) is 8.22. The summed E-state index contributed by atoms with van der Waals surface area (Å²) in [6.45, 7) is 2.30. The number of hydrogen-bond donors (Lipinski definition) is 1. The van der Waals surface area contributed by atoms with Crippen LogP contribution in [0, 0.1) is 17.6 Å². The van der Waals surface area contributed by atoms with Gasteiger partial charge in [0.05, 0.1) is 12.2 Å². The Morgan fingerprint density at radius 2 is 1.79 bits per heavy atom. The van der Waals surface area contributed by atoms with Gasteiger partial charge in [-0.1, -0.05) is 12.1 Å². The van der Waals surface area contributed by atoms with Crippen molar-refractivity contribution in [3.05, 3.63) is 77.5 Å². The molecule has 1 aliphatic rings. The first kappa shape index (κ1) is 23.5. The monoisotopic (exact) mass is 468 g/mol. The zero-order valence-corrected chi connectivity index (χ0v) is 18.9. The smallest absolute Gasteiger partial charge is 0.216 e. The number of pyridine rings is 1. The molecule has 0 unspecified atom stereocenters. The van der Waals surface area contributed by atoms with Gasteiger partial charge in [0.25, 0.3) is 0 Å². The van der Waals surface area contributed by atoms with Crippen LogP contribution in [-0.4, -0.2) is 24.0 Å². The summed E-state index contributed by atoms with van der Waals surface area (Å²) in [7, 11) is 0. The number of ether oxygens (including phenoxy) is 3. The minimum absolute atomic E-state index is 0.0414. The molecule has 2 aromatic carbocycles. The first-order valence-electron chi connectivity index (χ1n) is 11.2. The van der Waals surface area contributed by atoms with Crippen molar-refractivity contribution in [2.24, 2.45) is 5.92 Å². The fourth-order valence-electron chi connectivity index (χ4n) is 3.21. The van der Waals surface area contributed by atoms with Gasteiger partial charge in [0.15, 0.2) is 0 Å². The minimum Gasteiger partial charge on any atom is -0.493 e. The van der Waals surface area contributed by atoms with E-state index in [0.29, 0.717) is 37.0 Å². The van der Waals surface area contributed by atoms with Gasteiger partial charge in [0.1, 0.15) is 35.5 Å². The zero-order chi connectivity index (χ0) is 23.9. The average Bonchev–Trinajstić information content (AvgIpc) is 3.63. The maximum atomic E-state index is 14.6. The summed E-state index contributed by atoms with van der Waals surface area (Å²) in [4.78, 5) is 15.1. The summed E-state index contributed by atoms with van der Waals surface area (Å²) in [6, 6.07) is 12.6. The van der Waals surface area contributed by atoms with Crippen LogP contribution in [0.25, 0.3) is 0 Å². The number of carbonyl (C=O) groups excluding carboxylic acids is 1. The Kier molecular flexibility index (Phi) is 7.57. The Morgan fingerprint density at radius 1 is 1.03 bits per heavy atom. The maximum absolute atomic E-state index is 14.6. The van der Waals surface area contributed by atoms with Gasteiger partial charge >= 0.3 is 0 Å². The Balaban J connectivity index is 1.33. The van der Waals surface area contributed by atoms with E-state index in [4.69, 9.17) is 14.2 Å². The molecule has 1 aliphatic carbocycles. The van der Waals surface area contributed by atoms with E-state index in [2.05, 4.69) is 10.3 Å². The summed E-state index contributed by atoms with van der Waals surface area (Å²) >= 11 is 0. The van der Waals surface area contributed by atoms with E-state index in [0.717, 1.165) is 17.7 Å². The molecular weight excluding hydrogens is 442 g/mol. The molecule has 8 heteroatoms. The van der Waals surface area contributed by atoms with Crippen molar-refractivity contribution < 1.29 is 27.8 Å². The van der Waals surface area contributed by atoms with Gasteiger partial charge in [-0.3, -0.25) is 4.79 Å². The number of amides is 1. The third-order valence-electron chi connectivity index (χ3n) is 5.29. The molecule has 34 heavy (non-hydrogen) atoms. The second kappa shape index (κ2) is 11.0. The van der Waals surface area contributed by atoms with Crippen molar-refractivity contribution in [1.29, 1.82) is 0 Å².